The first-order valence-corrected chi connectivity index (χ1v) is 8.28. The van der Waals surface area contributed by atoms with Gasteiger partial charge in [0, 0.05) is 0 Å². The fourth-order valence-corrected chi connectivity index (χ4v) is 3.38. The lowest BCUT2D eigenvalue weighted by Crippen LogP contribution is -2.52. The van der Waals surface area contributed by atoms with Gasteiger partial charge in [-0.1, -0.05) is 0 Å². The molecule has 0 spiro atoms. The van der Waals surface area contributed by atoms with E-state index >= 15 is 0 Å². The minimum absolute atomic E-state index is 0.437. The predicted molar refractivity (Wildman–Crippen MR) is 72.1 cm³/mol. The molecular formula is C6H9Cl6O4P. The molecule has 1 rings (SSSR count). The molecule has 104 valence electrons. The van der Waals surface area contributed by atoms with E-state index in [9.17, 15) is 0 Å². The van der Waals surface area contributed by atoms with Crippen molar-refractivity contribution >= 4 is 77.4 Å². The van der Waals surface area contributed by atoms with Crippen molar-refractivity contribution in [2.45, 2.75) is 32.3 Å². The van der Waals surface area contributed by atoms with E-state index < -0.39 is 40.1 Å². The second-order valence-electron chi connectivity index (χ2n) is 3.18. The highest BCUT2D eigenvalue weighted by molar-refractivity contribution is 7.45. The lowest BCUT2D eigenvalue weighted by atomic mass is 9.97. The van der Waals surface area contributed by atoms with Gasteiger partial charge in [0.25, 0.3) is 0 Å². The lowest BCUT2D eigenvalue weighted by molar-refractivity contribution is 0.275. The van der Waals surface area contributed by atoms with Crippen molar-refractivity contribution in [3.05, 3.63) is 0 Å². The Labute approximate surface area is 128 Å². The van der Waals surface area contributed by atoms with Crippen LogP contribution in [0.3, 0.4) is 0 Å². The summed E-state index contributed by atoms with van der Waals surface area (Å²) in [6.07, 6.45) is 0. The predicted octanol–water partition coefficient (Wildman–Crippen LogP) is 2.72. The van der Waals surface area contributed by atoms with Crippen LogP contribution in [0.2, 0.25) is 0 Å². The second-order valence-corrected chi connectivity index (χ2v) is 7.23. The van der Waals surface area contributed by atoms with Crippen LogP contribution in [0.5, 0.6) is 0 Å². The van der Waals surface area contributed by atoms with E-state index in [4.69, 9.17) is 88.9 Å². The molecule has 0 aromatic rings. The third-order valence-corrected chi connectivity index (χ3v) is 5.86. The summed E-state index contributed by atoms with van der Waals surface area (Å²) in [6.45, 7) is 0. The van der Waals surface area contributed by atoms with Gasteiger partial charge in [0.05, 0.1) is 32.3 Å². The van der Waals surface area contributed by atoms with Crippen LogP contribution in [0.15, 0.2) is 0 Å². The van der Waals surface area contributed by atoms with E-state index in [1.165, 1.54) is 0 Å². The van der Waals surface area contributed by atoms with E-state index in [0.29, 0.717) is 0 Å². The van der Waals surface area contributed by atoms with Gasteiger partial charge < -0.3 is 14.7 Å². The molecule has 0 aromatic heterocycles. The molecule has 11 heteroatoms. The van der Waals surface area contributed by atoms with Gasteiger partial charge in [-0.2, -0.15) is 0 Å². The zero-order valence-corrected chi connectivity index (χ0v) is 13.4. The lowest BCUT2D eigenvalue weighted by Gasteiger charge is -2.37. The van der Waals surface area contributed by atoms with Crippen molar-refractivity contribution in [2.24, 2.45) is 0 Å². The largest absolute Gasteiger partial charge is 0.466 e. The molecule has 0 aromatic carbocycles. The van der Waals surface area contributed by atoms with Gasteiger partial charge >= 0.3 is 7.82 Å². The maximum Gasteiger partial charge on any atom is 0.466 e. The fourth-order valence-electron chi connectivity index (χ4n) is 1.05. The SMILES string of the molecule is ClC1C(Cl)C(Cl)C(Cl)C(Cl)C1Cl.O=P(O)(O)O. The average molecular weight is 389 g/mol. The zero-order valence-electron chi connectivity index (χ0n) is 7.93. The van der Waals surface area contributed by atoms with Gasteiger partial charge in [-0.05, 0) is 0 Å². The summed E-state index contributed by atoms with van der Waals surface area (Å²) in [5.41, 5.74) is 0. The van der Waals surface area contributed by atoms with E-state index in [1.54, 1.807) is 0 Å². The summed E-state index contributed by atoms with van der Waals surface area (Å²) in [6, 6.07) is 0. The number of hydrogen-bond donors (Lipinski definition) is 3. The summed E-state index contributed by atoms with van der Waals surface area (Å²) < 4.78 is 8.88. The van der Waals surface area contributed by atoms with Gasteiger partial charge in [0.2, 0.25) is 0 Å². The van der Waals surface area contributed by atoms with Gasteiger partial charge in [-0.15, -0.1) is 69.6 Å². The maximum atomic E-state index is 8.88. The van der Waals surface area contributed by atoms with Crippen LogP contribution in [-0.2, 0) is 4.57 Å². The van der Waals surface area contributed by atoms with Gasteiger partial charge in [-0.25, -0.2) is 4.57 Å². The molecule has 0 saturated heterocycles. The number of rotatable bonds is 0. The van der Waals surface area contributed by atoms with Crippen LogP contribution in [0, 0.1) is 0 Å². The first-order valence-electron chi connectivity index (χ1n) is 4.09. The van der Waals surface area contributed by atoms with E-state index in [2.05, 4.69) is 0 Å². The Kier molecular flexibility index (Phi) is 8.41. The minimum Gasteiger partial charge on any atom is -0.303 e. The first-order chi connectivity index (χ1) is 7.46. The van der Waals surface area contributed by atoms with Crippen molar-refractivity contribution < 1.29 is 19.2 Å². The van der Waals surface area contributed by atoms with Crippen LogP contribution in [0.4, 0.5) is 0 Å². The van der Waals surface area contributed by atoms with Crippen molar-refractivity contribution in [1.82, 2.24) is 0 Å². The fraction of sp³-hybridized carbons (Fsp3) is 1.00. The third-order valence-electron chi connectivity index (χ3n) is 1.83. The van der Waals surface area contributed by atoms with Crippen molar-refractivity contribution in [1.29, 1.82) is 0 Å². The van der Waals surface area contributed by atoms with Gasteiger partial charge in [0.1, 0.15) is 0 Å². The molecular weight excluding hydrogens is 380 g/mol. The number of alkyl halides is 6. The smallest absolute Gasteiger partial charge is 0.303 e. The highest BCUT2D eigenvalue weighted by Gasteiger charge is 2.46. The molecule has 1 aliphatic carbocycles. The number of halogens is 6. The standard InChI is InChI=1S/C6H6Cl6.H3O4P/c7-1-2(8)4(10)6(12)5(11)3(1)9;1-5(2,3)4/h1-6H;(H3,1,2,3,4). The number of phosphoric acid groups is 1. The topological polar surface area (TPSA) is 77.8 Å². The highest BCUT2D eigenvalue weighted by Crippen LogP contribution is 2.39. The van der Waals surface area contributed by atoms with Gasteiger partial charge in [-0.3, -0.25) is 0 Å². The van der Waals surface area contributed by atoms with Crippen LogP contribution in [-0.4, -0.2) is 46.9 Å². The molecule has 0 heterocycles. The Morgan fingerprint density at radius 3 is 0.706 bits per heavy atom. The Balaban J connectivity index is 0.000000437. The van der Waals surface area contributed by atoms with E-state index in [1.807, 2.05) is 0 Å². The average Bonchev–Trinajstić information content (AvgIpc) is 2.18. The monoisotopic (exact) mass is 386 g/mol. The molecule has 0 bridgehead atoms. The normalized spacial score (nSPS) is 42.6. The Morgan fingerprint density at radius 2 is 0.647 bits per heavy atom. The van der Waals surface area contributed by atoms with E-state index in [-0.39, 0.29) is 0 Å². The van der Waals surface area contributed by atoms with Crippen molar-refractivity contribution in [3.8, 4) is 0 Å². The van der Waals surface area contributed by atoms with Crippen LogP contribution in [0.1, 0.15) is 0 Å². The summed E-state index contributed by atoms with van der Waals surface area (Å²) >= 11 is 35.3. The van der Waals surface area contributed by atoms with Crippen molar-refractivity contribution in [2.75, 3.05) is 0 Å². The third kappa shape index (κ3) is 6.71. The maximum absolute atomic E-state index is 8.88. The minimum atomic E-state index is -4.64. The number of hydrogen-bond acceptors (Lipinski definition) is 1. The molecule has 1 fully saturated rings. The van der Waals surface area contributed by atoms with Crippen LogP contribution in [0.25, 0.3) is 0 Å². The molecule has 1 saturated carbocycles. The summed E-state index contributed by atoms with van der Waals surface area (Å²) in [5, 5.41) is -2.62. The molecule has 0 atom stereocenters. The molecule has 3 N–H and O–H groups in total. The molecule has 17 heavy (non-hydrogen) atoms. The van der Waals surface area contributed by atoms with E-state index in [0.717, 1.165) is 0 Å². The Bertz CT molecular complexity index is 221. The molecule has 0 amide bonds. The summed E-state index contributed by atoms with van der Waals surface area (Å²) in [4.78, 5) is 21.6. The van der Waals surface area contributed by atoms with Crippen LogP contribution >= 0.6 is 77.4 Å². The highest BCUT2D eigenvalue weighted by atomic mass is 35.5. The molecule has 0 unspecified atom stereocenters. The molecule has 0 radical (unpaired) electrons. The molecule has 4 nitrogen and oxygen atoms in total. The first kappa shape index (κ1) is 18.9. The Hall–Kier alpha value is 1.85. The summed E-state index contributed by atoms with van der Waals surface area (Å²) in [7, 11) is -4.64. The van der Waals surface area contributed by atoms with Gasteiger partial charge in [0.15, 0.2) is 0 Å². The molecule has 0 aliphatic heterocycles. The Morgan fingerprint density at radius 1 is 0.588 bits per heavy atom. The molecule has 1 aliphatic rings. The zero-order chi connectivity index (χ0) is 14.0. The van der Waals surface area contributed by atoms with Crippen molar-refractivity contribution in [3.63, 3.8) is 0 Å². The quantitative estimate of drug-likeness (QED) is 0.440. The van der Waals surface area contributed by atoms with Crippen LogP contribution < -0.4 is 0 Å². The summed E-state index contributed by atoms with van der Waals surface area (Å²) in [5.74, 6) is 0. The second kappa shape index (κ2) is 7.58.